The van der Waals surface area contributed by atoms with E-state index < -0.39 is 0 Å². The molecule has 0 radical (unpaired) electrons. The second-order valence-electron chi connectivity index (χ2n) is 16.5. The summed E-state index contributed by atoms with van der Waals surface area (Å²) >= 11 is 10.2. The van der Waals surface area contributed by atoms with Crippen LogP contribution in [-0.2, 0) is 16.2 Å². The maximum absolute atomic E-state index is 12.2. The van der Waals surface area contributed by atoms with E-state index in [9.17, 15) is 5.11 Å². The minimum atomic E-state index is -0.150. The van der Waals surface area contributed by atoms with Gasteiger partial charge in [0.25, 0.3) is 0 Å². The molecule has 4 aromatic carbocycles. The van der Waals surface area contributed by atoms with Crippen LogP contribution in [0.1, 0.15) is 99.3 Å². The Labute approximate surface area is 277 Å². The van der Waals surface area contributed by atoms with Gasteiger partial charge in [0.15, 0.2) is 0 Å². The molecule has 44 heavy (non-hydrogen) atoms. The summed E-state index contributed by atoms with van der Waals surface area (Å²) in [5.74, 6) is 0.244. The lowest BCUT2D eigenvalue weighted by molar-refractivity contribution is 0.284. The number of phenolic OH excluding ortho intramolecular Hbond substituents is 1. The van der Waals surface area contributed by atoms with E-state index in [0.717, 1.165) is 38.7 Å². The van der Waals surface area contributed by atoms with Crippen molar-refractivity contribution in [2.45, 2.75) is 98.8 Å². The highest BCUT2D eigenvalue weighted by Gasteiger charge is 2.30. The first kappa shape index (κ1) is 32.6. The Kier molecular flexibility index (Phi) is 8.12. The molecular formula is C40H47BrClNO. The van der Waals surface area contributed by atoms with E-state index in [4.69, 9.17) is 11.6 Å². The standard InChI is InChI=1S/C40H47BrClNO/c1-37(2,3)23-40(10,11)27-20-30(24-16-28(41)22-29(42)17-24)36(44)35(21-27)43-33-14-12-25(38(4,5)6)18-31(33)32-19-26(39(7,8)9)13-15-34(32)43/h12-22,44H,23H2,1-11H3. The molecule has 4 heteroatoms. The second-order valence-corrected chi connectivity index (χ2v) is 17.8. The van der Waals surface area contributed by atoms with Crippen molar-refractivity contribution in [1.29, 1.82) is 0 Å². The van der Waals surface area contributed by atoms with Gasteiger partial charge in [-0.25, -0.2) is 0 Å². The minimum Gasteiger partial charge on any atom is -0.505 e. The van der Waals surface area contributed by atoms with Crippen molar-refractivity contribution >= 4 is 49.3 Å². The fourth-order valence-corrected chi connectivity index (χ4v) is 7.61. The molecule has 0 aliphatic heterocycles. The molecule has 1 N–H and O–H groups in total. The Morgan fingerprint density at radius 2 is 1.18 bits per heavy atom. The highest BCUT2D eigenvalue weighted by atomic mass is 79.9. The lowest BCUT2D eigenvalue weighted by Gasteiger charge is -2.34. The van der Waals surface area contributed by atoms with Gasteiger partial charge in [-0.3, -0.25) is 0 Å². The first-order valence-corrected chi connectivity index (χ1v) is 16.8. The fourth-order valence-electron chi connectivity index (χ4n) is 6.75. The first-order valence-electron chi connectivity index (χ1n) is 15.6. The maximum Gasteiger partial charge on any atom is 0.147 e. The molecule has 0 saturated carbocycles. The number of hydrogen-bond acceptors (Lipinski definition) is 1. The van der Waals surface area contributed by atoms with Crippen molar-refractivity contribution in [2.75, 3.05) is 0 Å². The van der Waals surface area contributed by atoms with E-state index in [2.05, 4.69) is 145 Å². The Bertz CT molecular complexity index is 1800. The number of halogens is 2. The molecule has 1 aromatic heterocycles. The summed E-state index contributed by atoms with van der Waals surface area (Å²) in [6.07, 6.45) is 0.986. The zero-order valence-electron chi connectivity index (χ0n) is 28.2. The van der Waals surface area contributed by atoms with E-state index in [0.29, 0.717) is 5.02 Å². The van der Waals surface area contributed by atoms with Crippen molar-refractivity contribution < 1.29 is 5.11 Å². The van der Waals surface area contributed by atoms with Gasteiger partial charge in [-0.2, -0.15) is 0 Å². The van der Waals surface area contributed by atoms with E-state index >= 15 is 0 Å². The Morgan fingerprint density at radius 3 is 1.64 bits per heavy atom. The minimum absolute atomic E-state index is 0.0103. The number of rotatable bonds is 4. The van der Waals surface area contributed by atoms with Crippen molar-refractivity contribution in [3.05, 3.63) is 92.9 Å². The quantitative estimate of drug-likeness (QED) is 0.202. The van der Waals surface area contributed by atoms with Crippen LogP contribution in [-0.4, -0.2) is 9.67 Å². The summed E-state index contributed by atoms with van der Waals surface area (Å²) in [7, 11) is 0. The van der Waals surface area contributed by atoms with Crippen LogP contribution in [0.15, 0.2) is 71.2 Å². The third-order valence-electron chi connectivity index (χ3n) is 8.76. The third-order valence-corrected chi connectivity index (χ3v) is 9.43. The molecular weight excluding hydrogens is 626 g/mol. The molecule has 0 aliphatic carbocycles. The highest BCUT2D eigenvalue weighted by molar-refractivity contribution is 9.10. The largest absolute Gasteiger partial charge is 0.505 e. The average molecular weight is 673 g/mol. The predicted octanol–water partition coefficient (Wildman–Crippen LogP) is 12.9. The molecule has 0 fully saturated rings. The van der Waals surface area contributed by atoms with Gasteiger partial charge in [-0.15, -0.1) is 0 Å². The van der Waals surface area contributed by atoms with E-state index in [-0.39, 0.29) is 27.4 Å². The lowest BCUT2D eigenvalue weighted by atomic mass is 9.71. The number of hydrogen-bond donors (Lipinski definition) is 1. The molecule has 5 rings (SSSR count). The molecule has 0 spiro atoms. The van der Waals surface area contributed by atoms with Gasteiger partial charge in [-0.05, 0) is 105 Å². The van der Waals surface area contributed by atoms with Crippen LogP contribution in [0.25, 0.3) is 38.6 Å². The number of fused-ring (bicyclic) bond motifs is 3. The van der Waals surface area contributed by atoms with Crippen LogP contribution < -0.4 is 0 Å². The van der Waals surface area contributed by atoms with Gasteiger partial charge in [0.05, 0.1) is 16.7 Å². The molecule has 0 saturated heterocycles. The smallest absolute Gasteiger partial charge is 0.147 e. The SMILES string of the molecule is CC(C)(C)CC(C)(C)c1cc(-c2cc(Cl)cc(Br)c2)c(O)c(-n2c3ccc(C(C)(C)C)cc3c3cc(C(C)(C)C)ccc32)c1. The van der Waals surface area contributed by atoms with Crippen molar-refractivity contribution in [1.82, 2.24) is 4.57 Å². The molecule has 0 aliphatic rings. The van der Waals surface area contributed by atoms with Crippen LogP contribution in [0.5, 0.6) is 5.75 Å². The summed E-state index contributed by atoms with van der Waals surface area (Å²) in [4.78, 5) is 0. The lowest BCUT2D eigenvalue weighted by Crippen LogP contribution is -2.25. The van der Waals surface area contributed by atoms with E-state index in [1.807, 2.05) is 18.2 Å². The average Bonchev–Trinajstić information content (AvgIpc) is 3.18. The zero-order chi connectivity index (χ0) is 32.6. The number of phenols is 1. The predicted molar refractivity (Wildman–Crippen MR) is 195 cm³/mol. The van der Waals surface area contributed by atoms with Crippen LogP contribution in [0, 0.1) is 5.41 Å². The molecule has 2 nitrogen and oxygen atoms in total. The second kappa shape index (κ2) is 11.0. The maximum atomic E-state index is 12.2. The number of benzene rings is 4. The molecule has 0 unspecified atom stereocenters. The summed E-state index contributed by atoms with van der Waals surface area (Å²) in [6.45, 7) is 25.0. The highest BCUT2D eigenvalue weighted by Crippen LogP contribution is 2.46. The molecule has 0 amide bonds. The van der Waals surface area contributed by atoms with E-state index in [1.54, 1.807) is 0 Å². The Hall–Kier alpha value is -2.75. The van der Waals surface area contributed by atoms with Gasteiger partial charge >= 0.3 is 0 Å². The van der Waals surface area contributed by atoms with Crippen molar-refractivity contribution in [3.63, 3.8) is 0 Å². The van der Waals surface area contributed by atoms with Crippen molar-refractivity contribution in [2.24, 2.45) is 5.41 Å². The normalized spacial score (nSPS) is 13.3. The van der Waals surface area contributed by atoms with E-state index in [1.165, 1.54) is 27.5 Å². The molecule has 1 heterocycles. The van der Waals surface area contributed by atoms with Crippen LogP contribution in [0.2, 0.25) is 5.02 Å². The Balaban J connectivity index is 1.92. The number of aromatic hydroxyl groups is 1. The van der Waals surface area contributed by atoms with Gasteiger partial charge in [-0.1, -0.05) is 116 Å². The molecule has 232 valence electrons. The van der Waals surface area contributed by atoms with Gasteiger partial charge in [0, 0.05) is 25.8 Å². The summed E-state index contributed by atoms with van der Waals surface area (Å²) < 4.78 is 3.14. The third kappa shape index (κ3) is 6.33. The van der Waals surface area contributed by atoms with Gasteiger partial charge < -0.3 is 9.67 Å². The van der Waals surface area contributed by atoms with Crippen LogP contribution in [0.3, 0.4) is 0 Å². The topological polar surface area (TPSA) is 25.2 Å². The molecule has 5 aromatic rings. The first-order chi connectivity index (χ1) is 20.2. The zero-order valence-corrected chi connectivity index (χ0v) is 30.6. The monoisotopic (exact) mass is 671 g/mol. The summed E-state index contributed by atoms with van der Waals surface area (Å²) in [5, 5.41) is 15.2. The molecule has 0 atom stereocenters. The summed E-state index contributed by atoms with van der Waals surface area (Å²) in [6, 6.07) is 23.8. The van der Waals surface area contributed by atoms with Gasteiger partial charge in [0.1, 0.15) is 5.75 Å². The summed E-state index contributed by atoms with van der Waals surface area (Å²) in [5.41, 5.74) is 8.35. The fraction of sp³-hybridized carbons (Fsp3) is 0.400. The van der Waals surface area contributed by atoms with Gasteiger partial charge in [0.2, 0.25) is 0 Å². The molecule has 0 bridgehead atoms. The number of aromatic nitrogens is 1. The van der Waals surface area contributed by atoms with Crippen LogP contribution >= 0.6 is 27.5 Å². The Morgan fingerprint density at radius 1 is 0.659 bits per heavy atom. The van der Waals surface area contributed by atoms with Crippen LogP contribution in [0.4, 0.5) is 0 Å². The number of nitrogens with zero attached hydrogens (tertiary/aromatic N) is 1. The van der Waals surface area contributed by atoms with Crippen molar-refractivity contribution in [3.8, 4) is 22.6 Å².